The molecule has 0 saturated carbocycles. The molecule has 33 heavy (non-hydrogen) atoms. The second-order valence-electron chi connectivity index (χ2n) is 9.14. The van der Waals surface area contributed by atoms with Crippen molar-refractivity contribution in [2.24, 2.45) is 17.6 Å². The maximum Gasteiger partial charge on any atom is 0.353 e. The molecule has 1 unspecified atom stereocenters. The lowest BCUT2D eigenvalue weighted by Gasteiger charge is -2.46. The molecular weight excluding hydrogens is 458 g/mol. The van der Waals surface area contributed by atoms with Crippen LogP contribution in [0.2, 0.25) is 0 Å². The number of benzene rings is 1. The van der Waals surface area contributed by atoms with Crippen molar-refractivity contribution in [2.75, 3.05) is 18.1 Å². The molecule has 0 aliphatic carbocycles. The van der Waals surface area contributed by atoms with Crippen LogP contribution in [0.15, 0.2) is 34.9 Å². The lowest BCUT2D eigenvalue weighted by Crippen LogP contribution is -2.63. The number of hydrogen-bond donors (Lipinski definition) is 4. The van der Waals surface area contributed by atoms with E-state index in [2.05, 4.69) is 36.5 Å². The Morgan fingerprint density at radius 1 is 1.33 bits per heavy atom. The van der Waals surface area contributed by atoms with Crippen LogP contribution in [0, 0.1) is 11.8 Å². The Morgan fingerprint density at radius 3 is 2.64 bits per heavy atom. The maximum absolute atomic E-state index is 12.5. The molecule has 0 spiro atoms. The number of carboxylic acids is 1. The smallest absolute Gasteiger partial charge is 0.353 e. The van der Waals surface area contributed by atoms with E-state index in [9.17, 15) is 19.8 Å². The zero-order valence-electron chi connectivity index (χ0n) is 19.2. The van der Waals surface area contributed by atoms with E-state index >= 15 is 0 Å². The Bertz CT molecular complexity index is 936. The second kappa shape index (κ2) is 10.00. The topological polar surface area (TPSA) is 116 Å². The van der Waals surface area contributed by atoms with Crippen LogP contribution in [0.1, 0.15) is 50.4 Å². The summed E-state index contributed by atoms with van der Waals surface area (Å²) in [5, 5.41) is 23.6. The minimum Gasteiger partial charge on any atom is -0.477 e. The third-order valence-corrected chi connectivity index (χ3v) is 9.48. The van der Waals surface area contributed by atoms with Crippen molar-refractivity contribution < 1.29 is 19.8 Å². The van der Waals surface area contributed by atoms with Gasteiger partial charge in [-0.1, -0.05) is 38.1 Å². The van der Waals surface area contributed by atoms with E-state index < -0.39 is 18.0 Å². The van der Waals surface area contributed by atoms with Gasteiger partial charge >= 0.3 is 5.97 Å². The number of amides is 1. The summed E-state index contributed by atoms with van der Waals surface area (Å²) in [6, 6.07) is 8.45. The molecular formula is C24H33N3O4S2. The Hall–Kier alpha value is -1.52. The molecule has 3 aliphatic heterocycles. The van der Waals surface area contributed by atoms with Crippen LogP contribution >= 0.6 is 23.5 Å². The standard InChI is InChI=1S/C24H33N3O4S2/c1-4-32-11-17(25)14-5-7-15(8-6-14)18-9-16(10-26-18)33-22-12(2)20-19(13(3)28)23(29)27(20)21(22)24(30)31/h5-8,12-13,16-20,26,28H,4,9-11,25H2,1-3H3,(H,30,31)/t12-,13-,16+,17?,18-,19-,20-/m1/s1. The minimum atomic E-state index is -1.07. The predicted molar refractivity (Wildman–Crippen MR) is 133 cm³/mol. The highest BCUT2D eigenvalue weighted by molar-refractivity contribution is 8.03. The highest BCUT2D eigenvalue weighted by Crippen LogP contribution is 2.52. The number of nitrogens with one attached hydrogen (secondary N) is 1. The van der Waals surface area contributed by atoms with Crippen molar-refractivity contribution in [3.8, 4) is 0 Å². The second-order valence-corrected chi connectivity index (χ2v) is 11.8. The van der Waals surface area contributed by atoms with Gasteiger partial charge in [0.05, 0.1) is 18.1 Å². The number of aliphatic hydroxyl groups excluding tert-OH is 1. The average molecular weight is 492 g/mol. The number of rotatable bonds is 9. The van der Waals surface area contributed by atoms with Gasteiger partial charge in [0.2, 0.25) is 5.91 Å². The Morgan fingerprint density at radius 2 is 2.03 bits per heavy atom. The van der Waals surface area contributed by atoms with E-state index in [1.165, 1.54) is 10.5 Å². The molecule has 9 heteroatoms. The Labute approximate surface area is 203 Å². The third-order valence-electron chi connectivity index (χ3n) is 6.96. The van der Waals surface area contributed by atoms with Crippen molar-refractivity contribution in [3.05, 3.63) is 46.0 Å². The van der Waals surface area contributed by atoms with Crippen molar-refractivity contribution >= 4 is 35.4 Å². The summed E-state index contributed by atoms with van der Waals surface area (Å²) in [4.78, 5) is 26.7. The number of carboxylic acid groups (broad SMARTS) is 1. The van der Waals surface area contributed by atoms with Crippen molar-refractivity contribution in [3.63, 3.8) is 0 Å². The van der Waals surface area contributed by atoms with Crippen molar-refractivity contribution in [1.82, 2.24) is 10.2 Å². The van der Waals surface area contributed by atoms with Crippen LogP contribution in [0.25, 0.3) is 0 Å². The molecule has 2 fully saturated rings. The van der Waals surface area contributed by atoms with E-state index in [0.717, 1.165) is 34.9 Å². The molecule has 0 radical (unpaired) electrons. The summed E-state index contributed by atoms with van der Waals surface area (Å²) in [7, 11) is 0. The number of nitrogens with zero attached hydrogens (tertiary/aromatic N) is 1. The number of thioether (sulfide) groups is 2. The molecule has 5 N–H and O–H groups in total. The first-order chi connectivity index (χ1) is 15.7. The van der Waals surface area contributed by atoms with Gasteiger partial charge in [0.25, 0.3) is 0 Å². The van der Waals surface area contributed by atoms with Crippen LogP contribution in [0.5, 0.6) is 0 Å². The number of hydrogen-bond acceptors (Lipinski definition) is 7. The molecule has 1 aromatic rings. The number of carbonyl (C=O) groups is 2. The minimum absolute atomic E-state index is 0.0348. The highest BCUT2D eigenvalue weighted by atomic mass is 32.2. The van der Waals surface area contributed by atoms with Crippen molar-refractivity contribution in [1.29, 1.82) is 0 Å². The average Bonchev–Trinajstić information content (AvgIpc) is 3.34. The first-order valence-corrected chi connectivity index (χ1v) is 13.6. The zero-order valence-corrected chi connectivity index (χ0v) is 20.9. The summed E-state index contributed by atoms with van der Waals surface area (Å²) in [5.74, 6) is -0.0113. The first kappa shape index (κ1) is 24.6. The van der Waals surface area contributed by atoms with Crippen LogP contribution in [0.4, 0.5) is 0 Å². The van der Waals surface area contributed by atoms with E-state index in [0.29, 0.717) is 0 Å². The predicted octanol–water partition coefficient (Wildman–Crippen LogP) is 2.73. The Balaban J connectivity index is 1.43. The number of aliphatic carboxylic acids is 1. The van der Waals surface area contributed by atoms with E-state index in [4.69, 9.17) is 5.73 Å². The number of β-lactam (4-membered cyclic amide) rings is 1. The number of nitrogens with two attached hydrogens (primary N) is 1. The molecule has 7 atom stereocenters. The van der Waals surface area contributed by atoms with Crippen LogP contribution in [-0.2, 0) is 9.59 Å². The third kappa shape index (κ3) is 4.58. The molecule has 4 rings (SSSR count). The van der Waals surface area contributed by atoms with Gasteiger partial charge in [0.15, 0.2) is 0 Å². The highest BCUT2D eigenvalue weighted by Gasteiger charge is 2.60. The van der Waals surface area contributed by atoms with E-state index in [1.54, 1.807) is 18.7 Å². The molecule has 7 nitrogen and oxygen atoms in total. The van der Waals surface area contributed by atoms with Gasteiger partial charge in [-0.25, -0.2) is 4.79 Å². The van der Waals surface area contributed by atoms with E-state index in [1.807, 2.05) is 18.7 Å². The quantitative estimate of drug-likeness (QED) is 0.390. The molecule has 1 amide bonds. The molecule has 3 heterocycles. The molecule has 0 bridgehead atoms. The Kier molecular flexibility index (Phi) is 7.45. The van der Waals surface area contributed by atoms with E-state index in [-0.39, 0.29) is 40.9 Å². The van der Waals surface area contributed by atoms with Crippen LogP contribution in [-0.4, -0.2) is 62.4 Å². The maximum atomic E-state index is 12.5. The molecule has 180 valence electrons. The summed E-state index contributed by atoms with van der Waals surface area (Å²) >= 11 is 3.42. The lowest BCUT2D eigenvalue weighted by atomic mass is 9.79. The largest absolute Gasteiger partial charge is 0.477 e. The molecule has 0 aromatic heterocycles. The van der Waals surface area contributed by atoms with Gasteiger partial charge in [-0.15, -0.1) is 11.8 Å². The van der Waals surface area contributed by atoms with Gasteiger partial charge in [-0.05, 0) is 30.2 Å². The summed E-state index contributed by atoms with van der Waals surface area (Å²) in [6.07, 6.45) is 0.0957. The fourth-order valence-corrected chi connectivity index (χ4v) is 7.38. The fourth-order valence-electron chi connectivity index (χ4n) is 5.22. The zero-order chi connectivity index (χ0) is 23.9. The SMILES string of the molecule is CCSCC(N)c1ccc([C@H]2C[C@H](SC3=C(C(=O)O)N4C(=O)[C@H]([C@@H](C)O)[C@H]4[C@H]3C)CN2)cc1. The molecule has 2 saturated heterocycles. The summed E-state index contributed by atoms with van der Waals surface area (Å²) in [6.45, 7) is 6.47. The van der Waals surface area contributed by atoms with Gasteiger partial charge in [0.1, 0.15) is 5.70 Å². The van der Waals surface area contributed by atoms with Crippen LogP contribution < -0.4 is 11.1 Å². The first-order valence-electron chi connectivity index (χ1n) is 11.6. The molecule has 1 aromatic carbocycles. The van der Waals surface area contributed by atoms with Gasteiger partial charge in [-0.3, -0.25) is 4.79 Å². The van der Waals surface area contributed by atoms with Crippen molar-refractivity contribution in [2.45, 2.75) is 56.7 Å². The summed E-state index contributed by atoms with van der Waals surface area (Å²) in [5.41, 5.74) is 8.73. The molecule has 3 aliphatic rings. The number of aliphatic hydroxyl groups is 1. The van der Waals surface area contributed by atoms with Gasteiger partial charge < -0.3 is 26.2 Å². The fraction of sp³-hybridized carbons (Fsp3) is 0.583. The lowest BCUT2D eigenvalue weighted by molar-refractivity contribution is -0.163. The number of carbonyl (C=O) groups excluding carboxylic acids is 1. The summed E-state index contributed by atoms with van der Waals surface area (Å²) < 4.78 is 0. The monoisotopic (exact) mass is 491 g/mol. The normalized spacial score (nSPS) is 30.9. The number of fused-ring (bicyclic) bond motifs is 1. The van der Waals surface area contributed by atoms with Gasteiger partial charge in [0, 0.05) is 40.5 Å². The van der Waals surface area contributed by atoms with Gasteiger partial charge in [-0.2, -0.15) is 11.8 Å². The van der Waals surface area contributed by atoms with Crippen LogP contribution in [0.3, 0.4) is 0 Å².